The zero-order valence-electron chi connectivity index (χ0n) is 13.5. The number of aryl methyl sites for hydroxylation is 2. The molecule has 0 fully saturated rings. The van der Waals surface area contributed by atoms with Crippen molar-refractivity contribution in [3.05, 3.63) is 34.9 Å². The molecule has 4 nitrogen and oxygen atoms in total. The molecule has 0 aliphatic carbocycles. The Kier molecular flexibility index (Phi) is 6.55. The number of hydrogen-bond acceptors (Lipinski definition) is 3. The van der Waals surface area contributed by atoms with Gasteiger partial charge in [0.15, 0.2) is 0 Å². The van der Waals surface area contributed by atoms with Gasteiger partial charge in [-0.1, -0.05) is 29.3 Å². The van der Waals surface area contributed by atoms with E-state index in [9.17, 15) is 9.90 Å². The number of amides is 2. The predicted octanol–water partition coefficient (Wildman–Crippen LogP) is 2.78. The van der Waals surface area contributed by atoms with Gasteiger partial charge in [-0.25, -0.2) is 4.79 Å². The van der Waals surface area contributed by atoms with Gasteiger partial charge in [0.25, 0.3) is 0 Å². The summed E-state index contributed by atoms with van der Waals surface area (Å²) in [5, 5.41) is 15.6. The second-order valence-corrected chi connectivity index (χ2v) is 6.77. The van der Waals surface area contributed by atoms with Crippen LogP contribution in [0.3, 0.4) is 0 Å². The van der Waals surface area contributed by atoms with Crippen LogP contribution in [0.15, 0.2) is 18.2 Å². The maximum atomic E-state index is 11.9. The van der Waals surface area contributed by atoms with Crippen LogP contribution >= 0.6 is 11.8 Å². The van der Waals surface area contributed by atoms with Crippen molar-refractivity contribution in [2.75, 3.05) is 18.6 Å². The van der Waals surface area contributed by atoms with Crippen molar-refractivity contribution >= 4 is 17.8 Å². The molecule has 0 aliphatic rings. The van der Waals surface area contributed by atoms with E-state index in [-0.39, 0.29) is 18.6 Å². The molecule has 0 saturated heterocycles. The largest absolute Gasteiger partial charge is 0.387 e. The van der Waals surface area contributed by atoms with Crippen molar-refractivity contribution in [1.29, 1.82) is 0 Å². The van der Waals surface area contributed by atoms with E-state index in [0.29, 0.717) is 5.75 Å². The highest BCUT2D eigenvalue weighted by atomic mass is 32.2. The highest BCUT2D eigenvalue weighted by Gasteiger charge is 2.20. The van der Waals surface area contributed by atoms with E-state index in [1.165, 1.54) is 11.1 Å². The quantitative estimate of drug-likeness (QED) is 0.757. The fourth-order valence-corrected chi connectivity index (χ4v) is 2.95. The lowest BCUT2D eigenvalue weighted by Gasteiger charge is -2.23. The topological polar surface area (TPSA) is 61.4 Å². The Bertz CT molecular complexity index is 469. The summed E-state index contributed by atoms with van der Waals surface area (Å²) in [6, 6.07) is 5.91. The second kappa shape index (κ2) is 7.71. The number of carbonyl (C=O) groups excluding carboxylic acids is 1. The molecule has 0 bridgehead atoms. The predicted molar refractivity (Wildman–Crippen MR) is 89.9 cm³/mol. The van der Waals surface area contributed by atoms with Gasteiger partial charge in [-0.3, -0.25) is 0 Å². The number of hydrogen-bond donors (Lipinski definition) is 3. The highest BCUT2D eigenvalue weighted by molar-refractivity contribution is 7.98. The maximum absolute atomic E-state index is 11.9. The summed E-state index contributed by atoms with van der Waals surface area (Å²) >= 11 is 1.55. The average molecular weight is 310 g/mol. The first-order valence-corrected chi connectivity index (χ1v) is 8.47. The molecule has 0 saturated carbocycles. The number of rotatable bonds is 6. The van der Waals surface area contributed by atoms with Gasteiger partial charge in [0.1, 0.15) is 0 Å². The summed E-state index contributed by atoms with van der Waals surface area (Å²) in [7, 11) is 0. The van der Waals surface area contributed by atoms with Gasteiger partial charge in [-0.2, -0.15) is 11.8 Å². The first-order valence-electron chi connectivity index (χ1n) is 7.07. The van der Waals surface area contributed by atoms with Crippen LogP contribution in [-0.4, -0.2) is 35.3 Å². The van der Waals surface area contributed by atoms with Gasteiger partial charge in [-0.15, -0.1) is 0 Å². The molecule has 0 spiro atoms. The molecule has 118 valence electrons. The number of benzene rings is 1. The standard InChI is InChI=1S/C16H26N2O2S/c1-11-6-12(2)8-14(7-11)13(3)18-15(19)17-9-16(4,20)10-21-5/h6-8,13,20H,9-10H2,1-5H3,(H2,17,18,19). The number of thioether (sulfide) groups is 1. The minimum atomic E-state index is -0.889. The fraction of sp³-hybridized carbons (Fsp3) is 0.562. The smallest absolute Gasteiger partial charge is 0.315 e. The zero-order chi connectivity index (χ0) is 16.0. The molecule has 3 N–H and O–H groups in total. The molecule has 0 aromatic heterocycles. The van der Waals surface area contributed by atoms with Gasteiger partial charge in [-0.05, 0) is 39.5 Å². The number of urea groups is 1. The van der Waals surface area contributed by atoms with Crippen molar-refractivity contribution in [3.63, 3.8) is 0 Å². The van der Waals surface area contributed by atoms with Crippen LogP contribution in [0, 0.1) is 13.8 Å². The molecular weight excluding hydrogens is 284 g/mol. The van der Waals surface area contributed by atoms with Crippen molar-refractivity contribution in [2.24, 2.45) is 0 Å². The molecule has 0 radical (unpaired) electrons. The van der Waals surface area contributed by atoms with Crippen molar-refractivity contribution < 1.29 is 9.90 Å². The number of nitrogens with one attached hydrogen (secondary N) is 2. The van der Waals surface area contributed by atoms with Crippen LogP contribution in [0.2, 0.25) is 0 Å². The molecule has 0 heterocycles. The molecule has 0 aliphatic heterocycles. The van der Waals surface area contributed by atoms with Gasteiger partial charge in [0.05, 0.1) is 11.6 Å². The lowest BCUT2D eigenvalue weighted by molar-refractivity contribution is 0.0868. The van der Waals surface area contributed by atoms with E-state index in [4.69, 9.17) is 0 Å². The molecule has 1 aromatic carbocycles. The SMILES string of the molecule is CSCC(C)(O)CNC(=O)NC(C)c1cc(C)cc(C)c1. The maximum Gasteiger partial charge on any atom is 0.315 e. The van der Waals surface area contributed by atoms with E-state index in [1.807, 2.05) is 27.0 Å². The van der Waals surface area contributed by atoms with Gasteiger partial charge in [0, 0.05) is 12.3 Å². The van der Waals surface area contributed by atoms with E-state index < -0.39 is 5.60 Å². The van der Waals surface area contributed by atoms with Gasteiger partial charge >= 0.3 is 6.03 Å². The normalized spacial score (nSPS) is 15.1. The minimum absolute atomic E-state index is 0.0749. The lowest BCUT2D eigenvalue weighted by atomic mass is 10.0. The Hall–Kier alpha value is -1.20. The van der Waals surface area contributed by atoms with E-state index in [2.05, 4.69) is 28.8 Å². The third-order valence-corrected chi connectivity index (χ3v) is 4.09. The van der Waals surface area contributed by atoms with Crippen LogP contribution in [0.1, 0.15) is 36.6 Å². The highest BCUT2D eigenvalue weighted by Crippen LogP contribution is 2.16. The first-order chi connectivity index (χ1) is 9.73. The third-order valence-electron chi connectivity index (χ3n) is 3.18. The number of carbonyl (C=O) groups is 1. The van der Waals surface area contributed by atoms with Crippen LogP contribution < -0.4 is 10.6 Å². The van der Waals surface area contributed by atoms with Gasteiger partial charge < -0.3 is 15.7 Å². The molecule has 2 atom stereocenters. The van der Waals surface area contributed by atoms with Crippen LogP contribution in [0.4, 0.5) is 4.79 Å². The monoisotopic (exact) mass is 310 g/mol. The van der Waals surface area contributed by atoms with Gasteiger partial charge in [0.2, 0.25) is 0 Å². The Balaban J connectivity index is 2.54. The Morgan fingerprint density at radius 2 is 1.90 bits per heavy atom. The van der Waals surface area contributed by atoms with Crippen molar-refractivity contribution in [1.82, 2.24) is 10.6 Å². The van der Waals surface area contributed by atoms with Crippen LogP contribution in [-0.2, 0) is 0 Å². The molecule has 1 aromatic rings. The summed E-state index contributed by atoms with van der Waals surface area (Å²) in [6.45, 7) is 8.00. The molecule has 2 amide bonds. The summed E-state index contributed by atoms with van der Waals surface area (Å²) < 4.78 is 0. The second-order valence-electron chi connectivity index (χ2n) is 5.90. The third kappa shape index (κ3) is 6.40. The Labute approximate surface area is 131 Å². The lowest BCUT2D eigenvalue weighted by Crippen LogP contribution is -2.46. The van der Waals surface area contributed by atoms with Crippen molar-refractivity contribution in [3.8, 4) is 0 Å². The van der Waals surface area contributed by atoms with E-state index in [0.717, 1.165) is 5.56 Å². The van der Waals surface area contributed by atoms with Crippen LogP contribution in [0.25, 0.3) is 0 Å². The summed E-state index contributed by atoms with van der Waals surface area (Å²) in [5.74, 6) is 0.583. The average Bonchev–Trinajstić information content (AvgIpc) is 2.35. The molecule has 21 heavy (non-hydrogen) atoms. The molecule has 5 heteroatoms. The fourth-order valence-electron chi connectivity index (χ4n) is 2.22. The van der Waals surface area contributed by atoms with Crippen LogP contribution in [0.5, 0.6) is 0 Å². The Morgan fingerprint density at radius 3 is 2.43 bits per heavy atom. The summed E-state index contributed by atoms with van der Waals surface area (Å²) in [5.41, 5.74) is 2.56. The molecule has 2 unspecified atom stereocenters. The van der Waals surface area contributed by atoms with E-state index >= 15 is 0 Å². The van der Waals surface area contributed by atoms with Crippen molar-refractivity contribution in [2.45, 2.75) is 39.3 Å². The zero-order valence-corrected chi connectivity index (χ0v) is 14.3. The minimum Gasteiger partial charge on any atom is -0.387 e. The Morgan fingerprint density at radius 1 is 1.33 bits per heavy atom. The molecular formula is C16H26N2O2S. The van der Waals surface area contributed by atoms with E-state index in [1.54, 1.807) is 18.7 Å². The first kappa shape index (κ1) is 17.9. The molecule has 1 rings (SSSR count). The summed E-state index contributed by atoms with van der Waals surface area (Å²) in [4.78, 5) is 11.9. The summed E-state index contributed by atoms with van der Waals surface area (Å²) in [6.07, 6.45) is 1.93. The number of aliphatic hydroxyl groups is 1.